The Bertz CT molecular complexity index is 454. The summed E-state index contributed by atoms with van der Waals surface area (Å²) in [6.07, 6.45) is 2.66. The highest BCUT2D eigenvalue weighted by atomic mass is 16.1. The van der Waals surface area contributed by atoms with Gasteiger partial charge in [-0.05, 0) is 25.0 Å². The lowest BCUT2D eigenvalue weighted by Gasteiger charge is -2.17. The highest BCUT2D eigenvalue weighted by Gasteiger charge is 2.18. The molecule has 3 heteroatoms. The molecule has 0 saturated heterocycles. The molecule has 1 N–H and O–H groups in total. The average Bonchev–Trinajstić information content (AvgIpc) is 2.39. The van der Waals surface area contributed by atoms with Crippen LogP contribution in [0.1, 0.15) is 39.7 Å². The second kappa shape index (κ2) is 6.80. The van der Waals surface area contributed by atoms with Gasteiger partial charge in [-0.3, -0.25) is 4.79 Å². The zero-order valence-corrected chi connectivity index (χ0v) is 11.4. The van der Waals surface area contributed by atoms with E-state index < -0.39 is 0 Å². The molecule has 18 heavy (non-hydrogen) atoms. The molecule has 0 aromatic carbocycles. The minimum atomic E-state index is -0.00749. The van der Waals surface area contributed by atoms with E-state index in [1.54, 1.807) is 19.2 Å². The van der Waals surface area contributed by atoms with Crippen LogP contribution in [0.2, 0.25) is 0 Å². The van der Waals surface area contributed by atoms with Crippen LogP contribution in [0.15, 0.2) is 18.3 Å². The summed E-state index contributed by atoms with van der Waals surface area (Å²) in [6, 6.07) is 3.63. The average molecular weight is 244 g/mol. The molecule has 96 valence electrons. The lowest BCUT2D eigenvalue weighted by atomic mass is 9.93. The standard InChI is InChI=1S/C15H20N2O/c1-5-7-13-8-9-14(16-10-13)17-15(18)12(4)11(3)6-2/h8-12H,6H2,1-4H3,(H,16,17,18)/t11-,12+/m1/s1. The number of carbonyl (C=O) groups is 1. The second-order valence-electron chi connectivity index (χ2n) is 4.47. The molecular formula is C15H20N2O. The van der Waals surface area contributed by atoms with Crippen molar-refractivity contribution in [3.63, 3.8) is 0 Å². The molecule has 0 aliphatic heterocycles. The van der Waals surface area contributed by atoms with Crippen LogP contribution < -0.4 is 5.32 Å². The Hall–Kier alpha value is -1.82. The second-order valence-corrected chi connectivity index (χ2v) is 4.47. The van der Waals surface area contributed by atoms with Gasteiger partial charge in [-0.15, -0.1) is 5.92 Å². The Kier molecular flexibility index (Phi) is 5.38. The number of amides is 1. The topological polar surface area (TPSA) is 42.0 Å². The number of nitrogens with zero attached hydrogens (tertiary/aromatic N) is 1. The minimum Gasteiger partial charge on any atom is -0.310 e. The molecule has 0 radical (unpaired) electrons. The molecule has 0 aliphatic carbocycles. The molecule has 3 nitrogen and oxygen atoms in total. The van der Waals surface area contributed by atoms with Gasteiger partial charge in [-0.25, -0.2) is 4.98 Å². The van der Waals surface area contributed by atoms with E-state index in [1.807, 2.05) is 13.0 Å². The minimum absolute atomic E-state index is 0.00749. The van der Waals surface area contributed by atoms with Crippen LogP contribution in [0.25, 0.3) is 0 Å². The summed E-state index contributed by atoms with van der Waals surface area (Å²) in [5.74, 6) is 6.68. The molecular weight excluding hydrogens is 224 g/mol. The monoisotopic (exact) mass is 244 g/mol. The Labute approximate surface area is 109 Å². The van der Waals surface area contributed by atoms with Gasteiger partial charge >= 0.3 is 0 Å². The van der Waals surface area contributed by atoms with Crippen molar-refractivity contribution in [3.05, 3.63) is 23.9 Å². The van der Waals surface area contributed by atoms with Crippen LogP contribution in [0, 0.1) is 23.7 Å². The number of nitrogens with one attached hydrogen (secondary N) is 1. The van der Waals surface area contributed by atoms with Gasteiger partial charge in [0.1, 0.15) is 5.82 Å². The maximum absolute atomic E-state index is 11.9. The summed E-state index contributed by atoms with van der Waals surface area (Å²) in [6.45, 7) is 7.90. The van der Waals surface area contributed by atoms with E-state index in [2.05, 4.69) is 36.0 Å². The van der Waals surface area contributed by atoms with Crippen molar-refractivity contribution in [2.75, 3.05) is 5.32 Å². The van der Waals surface area contributed by atoms with Crippen molar-refractivity contribution >= 4 is 11.7 Å². The number of hydrogen-bond donors (Lipinski definition) is 1. The third-order valence-electron chi connectivity index (χ3n) is 3.20. The molecule has 1 aromatic heterocycles. The van der Waals surface area contributed by atoms with Crippen molar-refractivity contribution in [2.45, 2.75) is 34.1 Å². The van der Waals surface area contributed by atoms with Crippen LogP contribution in [0.4, 0.5) is 5.82 Å². The molecule has 1 aromatic rings. The van der Waals surface area contributed by atoms with Crippen molar-refractivity contribution in [2.24, 2.45) is 11.8 Å². The Morgan fingerprint density at radius 2 is 2.17 bits per heavy atom. The Balaban J connectivity index is 2.66. The molecule has 0 bridgehead atoms. The van der Waals surface area contributed by atoms with E-state index in [0.29, 0.717) is 11.7 Å². The van der Waals surface area contributed by atoms with Crippen LogP contribution in [0.3, 0.4) is 0 Å². The Morgan fingerprint density at radius 3 is 2.67 bits per heavy atom. The van der Waals surface area contributed by atoms with Gasteiger partial charge in [0.15, 0.2) is 0 Å². The van der Waals surface area contributed by atoms with Gasteiger partial charge < -0.3 is 5.32 Å². The summed E-state index contributed by atoms with van der Waals surface area (Å²) < 4.78 is 0. The first-order valence-corrected chi connectivity index (χ1v) is 6.28. The van der Waals surface area contributed by atoms with Gasteiger partial charge in [0.25, 0.3) is 0 Å². The van der Waals surface area contributed by atoms with E-state index >= 15 is 0 Å². The highest BCUT2D eigenvalue weighted by molar-refractivity contribution is 5.91. The summed E-state index contributed by atoms with van der Waals surface area (Å²) in [7, 11) is 0. The molecule has 0 spiro atoms. The largest absolute Gasteiger partial charge is 0.310 e. The smallest absolute Gasteiger partial charge is 0.228 e. The maximum Gasteiger partial charge on any atom is 0.228 e. The highest BCUT2D eigenvalue weighted by Crippen LogP contribution is 2.16. The quantitative estimate of drug-likeness (QED) is 0.827. The maximum atomic E-state index is 11.9. The number of rotatable bonds is 4. The van der Waals surface area contributed by atoms with Crippen LogP contribution >= 0.6 is 0 Å². The molecule has 0 aliphatic rings. The lowest BCUT2D eigenvalue weighted by molar-refractivity contribution is -0.120. The predicted molar refractivity (Wildman–Crippen MR) is 74.0 cm³/mol. The van der Waals surface area contributed by atoms with E-state index in [-0.39, 0.29) is 11.8 Å². The number of hydrogen-bond acceptors (Lipinski definition) is 2. The number of carbonyl (C=O) groups excluding carboxylic acids is 1. The molecule has 2 atom stereocenters. The summed E-state index contributed by atoms with van der Waals surface area (Å²) in [4.78, 5) is 16.1. The van der Waals surface area contributed by atoms with Gasteiger partial charge in [-0.2, -0.15) is 0 Å². The van der Waals surface area contributed by atoms with Crippen molar-refractivity contribution in [1.29, 1.82) is 0 Å². The van der Waals surface area contributed by atoms with Crippen molar-refractivity contribution in [3.8, 4) is 11.8 Å². The van der Waals surface area contributed by atoms with Gasteiger partial charge in [0.2, 0.25) is 5.91 Å². The number of anilines is 1. The van der Waals surface area contributed by atoms with E-state index in [9.17, 15) is 4.79 Å². The van der Waals surface area contributed by atoms with Crippen molar-refractivity contribution < 1.29 is 4.79 Å². The molecule has 0 fully saturated rings. The summed E-state index contributed by atoms with van der Waals surface area (Å²) >= 11 is 0. The molecule has 0 unspecified atom stereocenters. The third kappa shape index (κ3) is 3.89. The predicted octanol–water partition coefficient (Wildman–Crippen LogP) is 3.07. The zero-order chi connectivity index (χ0) is 13.5. The SMILES string of the molecule is CC#Cc1ccc(NC(=O)[C@@H](C)[C@H](C)CC)nc1. The van der Waals surface area contributed by atoms with E-state index in [1.165, 1.54) is 0 Å². The van der Waals surface area contributed by atoms with Crippen LogP contribution in [-0.2, 0) is 4.79 Å². The van der Waals surface area contributed by atoms with E-state index in [0.717, 1.165) is 12.0 Å². The van der Waals surface area contributed by atoms with Gasteiger partial charge in [0.05, 0.1) is 0 Å². The summed E-state index contributed by atoms with van der Waals surface area (Å²) in [5, 5.41) is 2.83. The lowest BCUT2D eigenvalue weighted by Crippen LogP contribution is -2.25. The first-order valence-electron chi connectivity index (χ1n) is 6.28. The fourth-order valence-corrected chi connectivity index (χ4v) is 1.54. The van der Waals surface area contributed by atoms with Crippen molar-refractivity contribution in [1.82, 2.24) is 4.98 Å². The Morgan fingerprint density at radius 1 is 1.44 bits per heavy atom. The molecule has 1 amide bonds. The van der Waals surface area contributed by atoms with Gasteiger partial charge in [-0.1, -0.05) is 33.1 Å². The number of pyridine rings is 1. The third-order valence-corrected chi connectivity index (χ3v) is 3.20. The van der Waals surface area contributed by atoms with Crippen LogP contribution in [-0.4, -0.2) is 10.9 Å². The first-order chi connectivity index (χ1) is 8.58. The van der Waals surface area contributed by atoms with Crippen LogP contribution in [0.5, 0.6) is 0 Å². The fraction of sp³-hybridized carbons (Fsp3) is 0.467. The molecule has 1 rings (SSSR count). The van der Waals surface area contributed by atoms with E-state index in [4.69, 9.17) is 0 Å². The molecule has 1 heterocycles. The molecule has 0 saturated carbocycles. The van der Waals surface area contributed by atoms with Gasteiger partial charge in [0, 0.05) is 17.7 Å². The fourth-order valence-electron chi connectivity index (χ4n) is 1.54. The number of aromatic nitrogens is 1. The first kappa shape index (κ1) is 14.2. The summed E-state index contributed by atoms with van der Waals surface area (Å²) in [5.41, 5.74) is 0.852. The zero-order valence-electron chi connectivity index (χ0n) is 11.4. The normalized spacial score (nSPS) is 13.1.